The molecule has 1 heterocycles. The molecule has 68 valence electrons. The summed E-state index contributed by atoms with van der Waals surface area (Å²) in [7, 11) is 0. The lowest BCUT2D eigenvalue weighted by atomic mass is 9.84. The molecule has 0 radical (unpaired) electrons. The van der Waals surface area contributed by atoms with Crippen molar-refractivity contribution in [3.8, 4) is 0 Å². The minimum absolute atomic E-state index is 0.656. The molecule has 0 nitrogen and oxygen atoms in total. The third kappa shape index (κ3) is 1.61. The van der Waals surface area contributed by atoms with Crippen molar-refractivity contribution in [2.45, 2.75) is 13.8 Å². The normalized spacial score (nSPS) is 27.4. The summed E-state index contributed by atoms with van der Waals surface area (Å²) in [6, 6.07) is 4.33. The Hall–Kier alpha value is -0.820. The van der Waals surface area contributed by atoms with Crippen molar-refractivity contribution in [3.05, 3.63) is 40.6 Å². The first kappa shape index (κ1) is 8.76. The smallest absolute Gasteiger partial charge is 0.0305 e. The standard InChI is InChI=1S/C12H14S/c1-9-5-3-6-11(10(9)2)12-7-4-8-13-12/h3-10H,1-2H3. The maximum atomic E-state index is 2.31. The second-order valence-corrected chi connectivity index (χ2v) is 4.58. The third-order valence-corrected chi connectivity index (χ3v) is 3.69. The van der Waals surface area contributed by atoms with E-state index in [0.717, 1.165) is 0 Å². The molecule has 0 saturated carbocycles. The van der Waals surface area contributed by atoms with Gasteiger partial charge in [0.25, 0.3) is 0 Å². The van der Waals surface area contributed by atoms with E-state index in [9.17, 15) is 0 Å². The van der Waals surface area contributed by atoms with Crippen LogP contribution in [0.3, 0.4) is 0 Å². The lowest BCUT2D eigenvalue weighted by Crippen LogP contribution is -2.09. The van der Waals surface area contributed by atoms with Gasteiger partial charge in [0, 0.05) is 4.88 Å². The van der Waals surface area contributed by atoms with Crippen molar-refractivity contribution in [2.24, 2.45) is 11.8 Å². The molecule has 0 saturated heterocycles. The number of allylic oxidation sites excluding steroid dienone is 4. The zero-order valence-electron chi connectivity index (χ0n) is 8.03. The van der Waals surface area contributed by atoms with Crippen molar-refractivity contribution in [2.75, 3.05) is 0 Å². The molecule has 0 aromatic carbocycles. The fourth-order valence-electron chi connectivity index (χ4n) is 1.69. The van der Waals surface area contributed by atoms with Gasteiger partial charge in [0.15, 0.2) is 0 Å². The molecule has 1 aromatic rings. The molecule has 0 amide bonds. The second-order valence-electron chi connectivity index (χ2n) is 3.63. The van der Waals surface area contributed by atoms with Crippen molar-refractivity contribution < 1.29 is 0 Å². The monoisotopic (exact) mass is 190 g/mol. The predicted octanol–water partition coefficient (Wildman–Crippen LogP) is 3.97. The van der Waals surface area contributed by atoms with Gasteiger partial charge in [0.2, 0.25) is 0 Å². The first-order valence-corrected chi connectivity index (χ1v) is 5.59. The van der Waals surface area contributed by atoms with Gasteiger partial charge in [-0.15, -0.1) is 11.3 Å². The molecule has 0 spiro atoms. The van der Waals surface area contributed by atoms with E-state index in [4.69, 9.17) is 0 Å². The molecule has 2 unspecified atom stereocenters. The highest BCUT2D eigenvalue weighted by molar-refractivity contribution is 7.11. The Bertz CT molecular complexity index is 330. The minimum Gasteiger partial charge on any atom is -0.144 e. The van der Waals surface area contributed by atoms with Crippen LogP contribution in [0.1, 0.15) is 18.7 Å². The molecule has 2 rings (SSSR count). The first-order valence-electron chi connectivity index (χ1n) is 4.71. The van der Waals surface area contributed by atoms with Crippen LogP contribution in [0.5, 0.6) is 0 Å². The van der Waals surface area contributed by atoms with Gasteiger partial charge in [0.1, 0.15) is 0 Å². The fourth-order valence-corrected chi connectivity index (χ4v) is 2.54. The van der Waals surface area contributed by atoms with E-state index in [2.05, 4.69) is 49.6 Å². The van der Waals surface area contributed by atoms with E-state index in [1.165, 1.54) is 10.5 Å². The first-order chi connectivity index (χ1) is 6.29. The lowest BCUT2D eigenvalue weighted by Gasteiger charge is -2.22. The zero-order chi connectivity index (χ0) is 9.26. The number of rotatable bonds is 1. The van der Waals surface area contributed by atoms with E-state index in [-0.39, 0.29) is 0 Å². The highest BCUT2D eigenvalue weighted by Gasteiger charge is 2.18. The van der Waals surface area contributed by atoms with Gasteiger partial charge in [-0.1, -0.05) is 38.1 Å². The van der Waals surface area contributed by atoms with Crippen LogP contribution in [-0.2, 0) is 0 Å². The quantitative estimate of drug-likeness (QED) is 0.628. The molecule has 0 aliphatic heterocycles. The molecule has 1 aromatic heterocycles. The van der Waals surface area contributed by atoms with Gasteiger partial charge in [0.05, 0.1) is 0 Å². The van der Waals surface area contributed by atoms with Gasteiger partial charge in [-0.05, 0) is 28.9 Å². The Morgan fingerprint density at radius 1 is 1.31 bits per heavy atom. The summed E-state index contributed by atoms with van der Waals surface area (Å²) >= 11 is 1.83. The molecule has 0 bridgehead atoms. The van der Waals surface area contributed by atoms with Gasteiger partial charge in [-0.3, -0.25) is 0 Å². The summed E-state index contributed by atoms with van der Waals surface area (Å²) in [5.74, 6) is 1.32. The van der Waals surface area contributed by atoms with Crippen LogP contribution in [0, 0.1) is 11.8 Å². The Morgan fingerprint density at radius 3 is 2.85 bits per heavy atom. The Balaban J connectivity index is 2.34. The molecule has 0 fully saturated rings. The number of hydrogen-bond acceptors (Lipinski definition) is 1. The SMILES string of the molecule is CC1C=CC=C(c2cccs2)C1C. The maximum absolute atomic E-state index is 2.31. The van der Waals surface area contributed by atoms with Crippen molar-refractivity contribution in [1.82, 2.24) is 0 Å². The summed E-state index contributed by atoms with van der Waals surface area (Å²) in [5.41, 5.74) is 1.49. The van der Waals surface area contributed by atoms with Crippen LogP contribution < -0.4 is 0 Å². The lowest BCUT2D eigenvalue weighted by molar-refractivity contribution is 0.569. The van der Waals surface area contributed by atoms with Crippen molar-refractivity contribution in [1.29, 1.82) is 0 Å². The van der Waals surface area contributed by atoms with E-state index in [1.54, 1.807) is 0 Å². The van der Waals surface area contributed by atoms with Crippen LogP contribution >= 0.6 is 11.3 Å². The maximum Gasteiger partial charge on any atom is 0.0305 e. The summed E-state index contributed by atoms with van der Waals surface area (Å²) < 4.78 is 0. The van der Waals surface area contributed by atoms with Crippen LogP contribution in [0.15, 0.2) is 35.7 Å². The molecule has 13 heavy (non-hydrogen) atoms. The molecule has 1 aliphatic rings. The van der Waals surface area contributed by atoms with Crippen molar-refractivity contribution in [3.63, 3.8) is 0 Å². The Kier molecular flexibility index (Phi) is 2.36. The van der Waals surface area contributed by atoms with Crippen LogP contribution in [-0.4, -0.2) is 0 Å². The third-order valence-electron chi connectivity index (χ3n) is 2.78. The summed E-state index contributed by atoms with van der Waals surface area (Å²) in [5, 5.41) is 2.14. The molecular weight excluding hydrogens is 176 g/mol. The predicted molar refractivity (Wildman–Crippen MR) is 59.8 cm³/mol. The molecule has 1 aliphatic carbocycles. The van der Waals surface area contributed by atoms with Crippen molar-refractivity contribution >= 4 is 16.9 Å². The Labute approximate surface area is 83.6 Å². The minimum atomic E-state index is 0.656. The van der Waals surface area contributed by atoms with E-state index in [1.807, 2.05) is 11.3 Å². The topological polar surface area (TPSA) is 0 Å². The number of hydrogen-bond donors (Lipinski definition) is 0. The van der Waals surface area contributed by atoms with E-state index < -0.39 is 0 Å². The summed E-state index contributed by atoms with van der Waals surface area (Å²) in [4.78, 5) is 1.42. The molecule has 0 N–H and O–H groups in total. The van der Waals surface area contributed by atoms with Gasteiger partial charge < -0.3 is 0 Å². The van der Waals surface area contributed by atoms with Gasteiger partial charge >= 0.3 is 0 Å². The van der Waals surface area contributed by atoms with Crippen LogP contribution in [0.25, 0.3) is 5.57 Å². The van der Waals surface area contributed by atoms with Gasteiger partial charge in [-0.2, -0.15) is 0 Å². The van der Waals surface area contributed by atoms with Crippen LogP contribution in [0.4, 0.5) is 0 Å². The van der Waals surface area contributed by atoms with E-state index in [0.29, 0.717) is 11.8 Å². The Morgan fingerprint density at radius 2 is 2.15 bits per heavy atom. The zero-order valence-corrected chi connectivity index (χ0v) is 8.84. The largest absolute Gasteiger partial charge is 0.144 e. The summed E-state index contributed by atoms with van der Waals surface area (Å²) in [6.45, 7) is 4.58. The summed E-state index contributed by atoms with van der Waals surface area (Å²) in [6.07, 6.45) is 6.71. The molecule has 2 atom stereocenters. The van der Waals surface area contributed by atoms with E-state index >= 15 is 0 Å². The highest BCUT2D eigenvalue weighted by Crippen LogP contribution is 2.34. The fraction of sp³-hybridized carbons (Fsp3) is 0.333. The highest BCUT2D eigenvalue weighted by atomic mass is 32.1. The molecular formula is C12H14S. The second kappa shape index (κ2) is 3.51. The number of thiophene rings is 1. The van der Waals surface area contributed by atoms with Gasteiger partial charge in [-0.25, -0.2) is 0 Å². The van der Waals surface area contributed by atoms with Crippen LogP contribution in [0.2, 0.25) is 0 Å². The molecule has 1 heteroatoms. The average Bonchev–Trinajstić information content (AvgIpc) is 2.62. The average molecular weight is 190 g/mol.